The van der Waals surface area contributed by atoms with Gasteiger partial charge in [-0.1, -0.05) is 25.1 Å². The van der Waals surface area contributed by atoms with E-state index in [-0.39, 0.29) is 0 Å². The van der Waals surface area contributed by atoms with Crippen molar-refractivity contribution < 1.29 is 8.42 Å². The molecule has 29 heavy (non-hydrogen) atoms. The smallest absolute Gasteiger partial charge is 0.243 e. The highest BCUT2D eigenvalue weighted by molar-refractivity contribution is 7.89. The summed E-state index contributed by atoms with van der Waals surface area (Å²) in [7, 11) is -1.61. The summed E-state index contributed by atoms with van der Waals surface area (Å²) in [6, 6.07) is 10.8. The van der Waals surface area contributed by atoms with Crippen LogP contribution in [0.25, 0.3) is 0 Å². The number of aliphatic imine (C=N–C) groups is 1. The highest BCUT2D eigenvalue weighted by Crippen LogP contribution is 2.23. The van der Waals surface area contributed by atoms with Crippen LogP contribution < -0.4 is 10.6 Å². The molecule has 2 heterocycles. The molecule has 8 heteroatoms. The van der Waals surface area contributed by atoms with Crippen molar-refractivity contribution in [3.05, 3.63) is 52.7 Å². The summed E-state index contributed by atoms with van der Waals surface area (Å²) in [6.45, 7) is 4.94. The number of hydrogen-bond donors (Lipinski definition) is 2. The third-order valence-corrected chi connectivity index (χ3v) is 8.04. The Hall–Kier alpha value is -1.90. The number of hydrogen-bond acceptors (Lipinski definition) is 4. The first kappa shape index (κ1) is 21.8. The Balaban J connectivity index is 1.43. The second kappa shape index (κ2) is 10.2. The van der Waals surface area contributed by atoms with E-state index in [0.29, 0.717) is 29.8 Å². The molecule has 158 valence electrons. The van der Waals surface area contributed by atoms with Gasteiger partial charge >= 0.3 is 0 Å². The lowest BCUT2D eigenvalue weighted by Gasteiger charge is -2.31. The molecule has 0 radical (unpaired) electrons. The number of thiophene rings is 1. The van der Waals surface area contributed by atoms with Crippen molar-refractivity contribution in [3.63, 3.8) is 0 Å². The van der Waals surface area contributed by atoms with Crippen LogP contribution in [-0.4, -0.2) is 51.9 Å². The molecule has 1 aromatic heterocycles. The standard InChI is InChI=1S/C21H30N4O2S2/c1-17(19-10-13-28-16-19)14-23-21(22-2)24-15-18-8-11-25(12-9-18)29(26,27)20-6-4-3-5-7-20/h3-7,10,13,16-18H,8-9,11-12,14-15H2,1-2H3,(H2,22,23,24). The lowest BCUT2D eigenvalue weighted by atomic mass is 9.98. The molecule has 0 saturated carbocycles. The maximum atomic E-state index is 12.7. The van der Waals surface area contributed by atoms with Crippen LogP contribution in [0.4, 0.5) is 0 Å². The third-order valence-electron chi connectivity index (χ3n) is 5.42. The van der Waals surface area contributed by atoms with E-state index in [2.05, 4.69) is 39.4 Å². The van der Waals surface area contributed by atoms with Crippen molar-refractivity contribution in [3.8, 4) is 0 Å². The monoisotopic (exact) mass is 434 g/mol. The van der Waals surface area contributed by atoms with Gasteiger partial charge in [0.2, 0.25) is 10.0 Å². The Kier molecular flexibility index (Phi) is 7.69. The average molecular weight is 435 g/mol. The first-order valence-electron chi connectivity index (χ1n) is 10.0. The molecular formula is C21H30N4O2S2. The number of rotatable bonds is 7. The van der Waals surface area contributed by atoms with Gasteiger partial charge in [-0.3, -0.25) is 4.99 Å². The number of guanidine groups is 1. The SMILES string of the molecule is CN=C(NCC1CCN(S(=O)(=O)c2ccccc2)CC1)NCC(C)c1ccsc1. The second-order valence-corrected chi connectivity index (χ2v) is 10.2. The number of benzene rings is 1. The minimum absolute atomic E-state index is 0.376. The molecule has 1 aromatic carbocycles. The fourth-order valence-electron chi connectivity index (χ4n) is 3.48. The van der Waals surface area contributed by atoms with Gasteiger partial charge in [-0.2, -0.15) is 15.6 Å². The van der Waals surface area contributed by atoms with Crippen molar-refractivity contribution >= 4 is 27.3 Å². The molecule has 1 atom stereocenters. The molecule has 2 aromatic rings. The minimum atomic E-state index is -3.38. The Morgan fingerprint density at radius 2 is 1.93 bits per heavy atom. The Labute approximate surface area is 178 Å². The van der Waals surface area contributed by atoms with E-state index < -0.39 is 10.0 Å². The zero-order valence-electron chi connectivity index (χ0n) is 17.0. The van der Waals surface area contributed by atoms with Gasteiger partial charge in [-0.15, -0.1) is 0 Å². The molecular weight excluding hydrogens is 404 g/mol. The molecule has 0 amide bonds. The first-order chi connectivity index (χ1) is 14.0. The molecule has 0 spiro atoms. The van der Waals surface area contributed by atoms with Crippen molar-refractivity contribution in [2.45, 2.75) is 30.6 Å². The van der Waals surface area contributed by atoms with Crippen LogP contribution >= 0.6 is 11.3 Å². The summed E-state index contributed by atoms with van der Waals surface area (Å²) in [4.78, 5) is 4.69. The first-order valence-corrected chi connectivity index (χ1v) is 12.4. The quantitative estimate of drug-likeness (QED) is 0.519. The maximum Gasteiger partial charge on any atom is 0.243 e. The van der Waals surface area contributed by atoms with Gasteiger partial charge in [0.15, 0.2) is 5.96 Å². The van der Waals surface area contributed by atoms with Gasteiger partial charge in [0.25, 0.3) is 0 Å². The molecule has 1 aliphatic rings. The van der Waals surface area contributed by atoms with Crippen LogP contribution in [0, 0.1) is 5.92 Å². The summed E-state index contributed by atoms with van der Waals surface area (Å²) >= 11 is 1.72. The molecule has 2 N–H and O–H groups in total. The molecule has 0 aliphatic carbocycles. The fraction of sp³-hybridized carbons (Fsp3) is 0.476. The van der Waals surface area contributed by atoms with E-state index in [1.54, 1.807) is 47.0 Å². The predicted molar refractivity (Wildman–Crippen MR) is 120 cm³/mol. The molecule has 1 saturated heterocycles. The average Bonchev–Trinajstić information content (AvgIpc) is 3.30. The molecule has 1 aliphatic heterocycles. The Morgan fingerprint density at radius 1 is 1.21 bits per heavy atom. The molecule has 6 nitrogen and oxygen atoms in total. The van der Waals surface area contributed by atoms with Crippen molar-refractivity contribution in [2.75, 3.05) is 33.2 Å². The van der Waals surface area contributed by atoms with E-state index in [4.69, 9.17) is 0 Å². The van der Waals surface area contributed by atoms with Crippen LogP contribution in [0.15, 0.2) is 57.0 Å². The summed E-state index contributed by atoms with van der Waals surface area (Å²) in [5, 5.41) is 11.1. The number of nitrogens with zero attached hydrogens (tertiary/aromatic N) is 2. The van der Waals surface area contributed by atoms with Gasteiger partial charge in [0.05, 0.1) is 4.90 Å². The van der Waals surface area contributed by atoms with Gasteiger partial charge in [-0.25, -0.2) is 8.42 Å². The van der Waals surface area contributed by atoms with Gasteiger partial charge < -0.3 is 10.6 Å². The summed E-state index contributed by atoms with van der Waals surface area (Å²) < 4.78 is 27.1. The van der Waals surface area contributed by atoms with E-state index in [1.165, 1.54) is 5.56 Å². The fourth-order valence-corrected chi connectivity index (χ4v) is 5.75. The zero-order valence-corrected chi connectivity index (χ0v) is 18.7. The highest BCUT2D eigenvalue weighted by Gasteiger charge is 2.29. The van der Waals surface area contributed by atoms with Crippen molar-refractivity contribution in [1.29, 1.82) is 0 Å². The third kappa shape index (κ3) is 5.81. The molecule has 1 fully saturated rings. The van der Waals surface area contributed by atoms with Crippen LogP contribution in [-0.2, 0) is 10.0 Å². The maximum absolute atomic E-state index is 12.7. The van der Waals surface area contributed by atoms with E-state index >= 15 is 0 Å². The molecule has 0 bridgehead atoms. The van der Waals surface area contributed by atoms with E-state index in [9.17, 15) is 8.42 Å². The molecule has 1 unspecified atom stereocenters. The van der Waals surface area contributed by atoms with Crippen LogP contribution in [0.1, 0.15) is 31.2 Å². The van der Waals surface area contributed by atoms with Crippen molar-refractivity contribution in [1.82, 2.24) is 14.9 Å². The normalized spacial score (nSPS) is 17.8. The largest absolute Gasteiger partial charge is 0.356 e. The van der Waals surface area contributed by atoms with Crippen molar-refractivity contribution in [2.24, 2.45) is 10.9 Å². The lowest BCUT2D eigenvalue weighted by molar-refractivity contribution is 0.273. The summed E-state index contributed by atoms with van der Waals surface area (Å²) in [6.07, 6.45) is 1.70. The minimum Gasteiger partial charge on any atom is -0.356 e. The lowest BCUT2D eigenvalue weighted by Crippen LogP contribution is -2.44. The number of piperidine rings is 1. The summed E-state index contributed by atoms with van der Waals surface area (Å²) in [5.41, 5.74) is 1.34. The zero-order chi connectivity index (χ0) is 20.7. The van der Waals surface area contributed by atoms with Crippen LogP contribution in [0.3, 0.4) is 0 Å². The van der Waals surface area contributed by atoms with E-state index in [1.807, 2.05) is 6.07 Å². The topological polar surface area (TPSA) is 73.8 Å². The predicted octanol–water partition coefficient (Wildman–Crippen LogP) is 3.12. The van der Waals surface area contributed by atoms with Gasteiger partial charge in [0, 0.05) is 33.2 Å². The Bertz CT molecular complexity index is 875. The highest BCUT2D eigenvalue weighted by atomic mass is 32.2. The van der Waals surface area contributed by atoms with Crippen LogP contribution in [0.5, 0.6) is 0 Å². The molecule has 3 rings (SSSR count). The number of sulfonamides is 1. The van der Waals surface area contributed by atoms with Gasteiger partial charge in [-0.05, 0) is 59.2 Å². The Morgan fingerprint density at radius 3 is 2.55 bits per heavy atom. The van der Waals surface area contributed by atoms with E-state index in [0.717, 1.165) is 31.9 Å². The van der Waals surface area contributed by atoms with Crippen LogP contribution in [0.2, 0.25) is 0 Å². The number of nitrogens with one attached hydrogen (secondary N) is 2. The van der Waals surface area contributed by atoms with Gasteiger partial charge in [0.1, 0.15) is 0 Å². The summed E-state index contributed by atoms with van der Waals surface area (Å²) in [5.74, 6) is 1.66. The second-order valence-electron chi connectivity index (χ2n) is 7.45.